The highest BCUT2D eigenvalue weighted by Gasteiger charge is 2.15. The van der Waals surface area contributed by atoms with Crippen LogP contribution in [-0.4, -0.2) is 24.2 Å². The van der Waals surface area contributed by atoms with Gasteiger partial charge in [0.05, 0.1) is 27.9 Å². The van der Waals surface area contributed by atoms with E-state index >= 15 is 0 Å². The maximum Gasteiger partial charge on any atom is 0.346 e. The van der Waals surface area contributed by atoms with Gasteiger partial charge in [-0.3, -0.25) is 0 Å². The largest absolute Gasteiger partial charge is 0.479 e. The Bertz CT molecular complexity index is 725. The molecule has 0 saturated carbocycles. The number of benzene rings is 1. The van der Waals surface area contributed by atoms with E-state index in [0.717, 1.165) is 0 Å². The van der Waals surface area contributed by atoms with Gasteiger partial charge in [0.25, 0.3) is 0 Å². The lowest BCUT2D eigenvalue weighted by atomic mass is 10.3. The summed E-state index contributed by atoms with van der Waals surface area (Å²) >= 11 is 18.1. The minimum absolute atomic E-state index is 0.369. The van der Waals surface area contributed by atoms with Crippen molar-refractivity contribution in [3.63, 3.8) is 0 Å². The summed E-state index contributed by atoms with van der Waals surface area (Å²) in [5, 5.41) is 4.19. The van der Waals surface area contributed by atoms with Crippen molar-refractivity contribution in [3.8, 4) is 5.75 Å². The van der Waals surface area contributed by atoms with Gasteiger partial charge in [-0.2, -0.15) is 0 Å². The first-order valence-corrected chi connectivity index (χ1v) is 7.66. The Kier molecular flexibility index (Phi) is 5.93. The molecule has 0 saturated heterocycles. The lowest BCUT2D eigenvalue weighted by Crippen LogP contribution is -2.24. The lowest BCUT2D eigenvalue weighted by Gasteiger charge is -2.14. The molecule has 2 aromatic rings. The van der Waals surface area contributed by atoms with Gasteiger partial charge in [0.2, 0.25) is 0 Å². The predicted octanol–water partition coefficient (Wildman–Crippen LogP) is 4.73. The number of hydrogen-bond acceptors (Lipinski definition) is 5. The molecular formula is C15H13Cl3N2O3. The van der Waals surface area contributed by atoms with Gasteiger partial charge in [-0.25, -0.2) is 9.78 Å². The van der Waals surface area contributed by atoms with Crippen LogP contribution < -0.4 is 10.1 Å². The Morgan fingerprint density at radius 2 is 1.96 bits per heavy atom. The number of anilines is 2. The van der Waals surface area contributed by atoms with Crippen molar-refractivity contribution in [2.75, 3.05) is 12.4 Å². The molecule has 122 valence electrons. The number of nitrogens with one attached hydrogen (secondary N) is 1. The van der Waals surface area contributed by atoms with Crippen LogP contribution in [0.15, 0.2) is 30.5 Å². The molecular weight excluding hydrogens is 363 g/mol. The Morgan fingerprint density at radius 1 is 1.22 bits per heavy atom. The molecule has 0 fully saturated rings. The molecule has 1 aromatic carbocycles. The number of aromatic nitrogens is 1. The Balaban J connectivity index is 2.14. The van der Waals surface area contributed by atoms with Crippen molar-refractivity contribution in [2.45, 2.75) is 13.0 Å². The van der Waals surface area contributed by atoms with Gasteiger partial charge >= 0.3 is 5.97 Å². The van der Waals surface area contributed by atoms with E-state index in [1.807, 2.05) is 0 Å². The summed E-state index contributed by atoms with van der Waals surface area (Å²) in [4.78, 5) is 15.4. The van der Waals surface area contributed by atoms with Crippen LogP contribution >= 0.6 is 34.8 Å². The fraction of sp³-hybridized carbons (Fsp3) is 0.200. The number of nitrogens with zero attached hydrogens (tertiary/aromatic N) is 1. The topological polar surface area (TPSA) is 60.5 Å². The van der Waals surface area contributed by atoms with Gasteiger partial charge < -0.3 is 14.8 Å². The second-order valence-corrected chi connectivity index (χ2v) is 5.78. The van der Waals surface area contributed by atoms with E-state index in [4.69, 9.17) is 39.5 Å². The molecule has 0 aliphatic rings. The zero-order valence-electron chi connectivity index (χ0n) is 12.3. The Morgan fingerprint density at radius 3 is 2.57 bits per heavy atom. The molecule has 5 nitrogen and oxygen atoms in total. The van der Waals surface area contributed by atoms with Crippen LogP contribution in [0, 0.1) is 0 Å². The minimum Gasteiger partial charge on any atom is -0.479 e. The zero-order chi connectivity index (χ0) is 17.0. The first-order chi connectivity index (χ1) is 10.9. The fourth-order valence-corrected chi connectivity index (χ4v) is 2.37. The van der Waals surface area contributed by atoms with Crippen molar-refractivity contribution in [2.24, 2.45) is 0 Å². The summed E-state index contributed by atoms with van der Waals surface area (Å²) in [6.07, 6.45) is 0.737. The van der Waals surface area contributed by atoms with Crippen LogP contribution in [0.2, 0.25) is 15.1 Å². The van der Waals surface area contributed by atoms with E-state index in [1.165, 1.54) is 13.3 Å². The number of halogens is 3. The third-order valence-electron chi connectivity index (χ3n) is 2.85. The number of carbonyl (C=O) groups excluding carboxylic acids is 1. The van der Waals surface area contributed by atoms with E-state index in [0.29, 0.717) is 32.3 Å². The summed E-state index contributed by atoms with van der Waals surface area (Å²) in [7, 11) is 1.30. The molecule has 0 radical (unpaired) electrons. The number of pyridine rings is 1. The minimum atomic E-state index is -0.734. The highest BCUT2D eigenvalue weighted by atomic mass is 35.5. The molecule has 2 rings (SSSR count). The summed E-state index contributed by atoms with van der Waals surface area (Å²) in [6.45, 7) is 1.59. The summed E-state index contributed by atoms with van der Waals surface area (Å²) in [5.74, 6) is 0.392. The number of carbonyl (C=O) groups is 1. The summed E-state index contributed by atoms with van der Waals surface area (Å²) < 4.78 is 10.0. The number of esters is 1. The van der Waals surface area contributed by atoms with Crippen molar-refractivity contribution in [3.05, 3.63) is 45.5 Å². The molecule has 0 spiro atoms. The van der Waals surface area contributed by atoms with E-state index in [1.54, 1.807) is 31.2 Å². The van der Waals surface area contributed by atoms with E-state index in [-0.39, 0.29) is 0 Å². The third-order valence-corrected chi connectivity index (χ3v) is 3.65. The summed E-state index contributed by atoms with van der Waals surface area (Å²) in [5.41, 5.74) is 0.585. The van der Waals surface area contributed by atoms with E-state index < -0.39 is 12.1 Å². The van der Waals surface area contributed by atoms with Gasteiger partial charge in [0.15, 0.2) is 6.10 Å². The monoisotopic (exact) mass is 374 g/mol. The number of methoxy groups -OCH3 is 1. The van der Waals surface area contributed by atoms with Crippen molar-refractivity contribution in [1.29, 1.82) is 0 Å². The van der Waals surface area contributed by atoms with Crippen LogP contribution in [0.3, 0.4) is 0 Å². The molecule has 1 aromatic heterocycles. The molecule has 23 heavy (non-hydrogen) atoms. The zero-order valence-corrected chi connectivity index (χ0v) is 14.5. The van der Waals surface area contributed by atoms with Gasteiger partial charge in [-0.05, 0) is 25.1 Å². The smallest absolute Gasteiger partial charge is 0.346 e. The molecule has 8 heteroatoms. The Hall–Kier alpha value is -1.69. The molecule has 0 amide bonds. The molecule has 0 bridgehead atoms. The quantitative estimate of drug-likeness (QED) is 0.766. The SMILES string of the molecule is COC(=O)C(C)Oc1ccc(Nc2ncc(Cl)cc2Cl)c(Cl)c1. The van der Waals surface area contributed by atoms with Crippen molar-refractivity contribution >= 4 is 52.3 Å². The van der Waals surface area contributed by atoms with Crippen LogP contribution in [0.5, 0.6) is 5.75 Å². The highest BCUT2D eigenvalue weighted by Crippen LogP contribution is 2.32. The highest BCUT2D eigenvalue weighted by molar-refractivity contribution is 6.36. The van der Waals surface area contributed by atoms with E-state index in [9.17, 15) is 4.79 Å². The first kappa shape index (κ1) is 17.7. The first-order valence-electron chi connectivity index (χ1n) is 6.53. The average molecular weight is 376 g/mol. The predicted molar refractivity (Wildman–Crippen MR) is 91.1 cm³/mol. The standard InChI is InChI=1S/C15H13Cl3N2O3/c1-8(15(21)22-2)23-10-3-4-13(11(17)6-10)20-14-12(18)5-9(16)7-19-14/h3-8H,1-2H3,(H,19,20). The maximum absolute atomic E-state index is 11.3. The lowest BCUT2D eigenvalue weighted by molar-refractivity contribution is -0.147. The van der Waals surface area contributed by atoms with Gasteiger partial charge in [-0.15, -0.1) is 0 Å². The van der Waals surface area contributed by atoms with Crippen molar-refractivity contribution in [1.82, 2.24) is 4.98 Å². The second kappa shape index (κ2) is 7.73. The van der Waals surface area contributed by atoms with E-state index in [2.05, 4.69) is 15.0 Å². The Labute approximate surface area is 148 Å². The molecule has 0 aliphatic heterocycles. The maximum atomic E-state index is 11.3. The van der Waals surface area contributed by atoms with Crippen LogP contribution in [-0.2, 0) is 9.53 Å². The van der Waals surface area contributed by atoms with Crippen LogP contribution in [0.1, 0.15) is 6.92 Å². The van der Waals surface area contributed by atoms with Gasteiger partial charge in [-0.1, -0.05) is 34.8 Å². The van der Waals surface area contributed by atoms with Crippen LogP contribution in [0.4, 0.5) is 11.5 Å². The van der Waals surface area contributed by atoms with Crippen molar-refractivity contribution < 1.29 is 14.3 Å². The summed E-state index contributed by atoms with van der Waals surface area (Å²) in [6, 6.07) is 6.50. The molecule has 1 heterocycles. The average Bonchev–Trinajstić information content (AvgIpc) is 2.51. The van der Waals surface area contributed by atoms with Gasteiger partial charge in [0, 0.05) is 12.3 Å². The second-order valence-electron chi connectivity index (χ2n) is 4.53. The molecule has 1 unspecified atom stereocenters. The molecule has 1 atom stereocenters. The number of ether oxygens (including phenoxy) is 2. The fourth-order valence-electron chi connectivity index (χ4n) is 1.72. The third kappa shape index (κ3) is 4.64. The number of rotatable bonds is 5. The molecule has 0 aliphatic carbocycles. The molecule has 1 N–H and O–H groups in total. The number of hydrogen-bond donors (Lipinski definition) is 1. The van der Waals surface area contributed by atoms with Crippen LogP contribution in [0.25, 0.3) is 0 Å². The normalized spacial score (nSPS) is 11.7. The van der Waals surface area contributed by atoms with Gasteiger partial charge in [0.1, 0.15) is 11.6 Å².